The summed E-state index contributed by atoms with van der Waals surface area (Å²) in [6.07, 6.45) is 68.9. The highest BCUT2D eigenvalue weighted by Crippen LogP contribution is 2.18. The van der Waals surface area contributed by atoms with E-state index in [2.05, 4.69) is 43.5 Å². The van der Waals surface area contributed by atoms with Gasteiger partial charge in [0.1, 0.15) is 0 Å². The number of unbranched alkanes of at least 4 members (excludes halogenated alkanes) is 41. The molecule has 0 aliphatic carbocycles. The molecule has 2 atom stereocenters. The first-order chi connectivity index (χ1) is 33.0. The van der Waals surface area contributed by atoms with Crippen LogP contribution < -0.4 is 5.32 Å². The molecule has 0 aromatic heterocycles. The summed E-state index contributed by atoms with van der Waals surface area (Å²) in [5.41, 5.74) is 0. The Morgan fingerprint density at radius 2 is 0.746 bits per heavy atom. The van der Waals surface area contributed by atoms with Crippen molar-refractivity contribution in [2.45, 2.75) is 341 Å². The second-order valence-corrected chi connectivity index (χ2v) is 20.7. The van der Waals surface area contributed by atoms with Gasteiger partial charge in [0.25, 0.3) is 0 Å². The highest BCUT2D eigenvalue weighted by Gasteiger charge is 2.20. The number of rotatable bonds is 56. The second-order valence-electron chi connectivity index (χ2n) is 20.7. The number of carbonyl (C=O) groups excluding carboxylic acids is 2. The lowest BCUT2D eigenvalue weighted by Gasteiger charge is -2.22. The monoisotopic (exact) mass is 944 g/mol. The van der Waals surface area contributed by atoms with Crippen molar-refractivity contribution >= 4 is 11.9 Å². The molecule has 0 bridgehead atoms. The number of esters is 1. The molecule has 0 radical (unpaired) electrons. The summed E-state index contributed by atoms with van der Waals surface area (Å²) < 4.78 is 5.49. The second kappa shape index (κ2) is 56.9. The van der Waals surface area contributed by atoms with Crippen LogP contribution in [0.3, 0.4) is 0 Å². The van der Waals surface area contributed by atoms with Crippen molar-refractivity contribution < 1.29 is 24.5 Å². The number of hydrogen-bond acceptors (Lipinski definition) is 5. The molecule has 67 heavy (non-hydrogen) atoms. The number of ether oxygens (including phenoxy) is 1. The molecule has 6 nitrogen and oxygen atoms in total. The largest absolute Gasteiger partial charge is 0.466 e. The van der Waals surface area contributed by atoms with Crippen LogP contribution in [0.1, 0.15) is 328 Å². The SMILES string of the molecule is CCCCC/C=C\C/C=C\CCCCCCCCCC(=O)OCCCCCCCCCCCCCCCCCCCCCC(=O)NC(CO)C(O)CCCCCCCCCCCCCCCC. The highest BCUT2D eigenvalue weighted by molar-refractivity contribution is 5.76. The van der Waals surface area contributed by atoms with Gasteiger partial charge in [0.2, 0.25) is 5.91 Å². The molecule has 0 spiro atoms. The summed E-state index contributed by atoms with van der Waals surface area (Å²) >= 11 is 0. The summed E-state index contributed by atoms with van der Waals surface area (Å²) in [6, 6.07) is -0.543. The maximum atomic E-state index is 12.5. The van der Waals surface area contributed by atoms with Crippen molar-refractivity contribution in [1.29, 1.82) is 0 Å². The van der Waals surface area contributed by atoms with E-state index in [4.69, 9.17) is 4.74 Å². The lowest BCUT2D eigenvalue weighted by Crippen LogP contribution is -2.45. The molecule has 0 aromatic rings. The van der Waals surface area contributed by atoms with Gasteiger partial charge in [-0.2, -0.15) is 0 Å². The molecule has 0 heterocycles. The van der Waals surface area contributed by atoms with Crippen molar-refractivity contribution in [3.8, 4) is 0 Å². The quantitative estimate of drug-likeness (QED) is 0.0321. The average molecular weight is 945 g/mol. The Labute approximate surface area is 418 Å². The van der Waals surface area contributed by atoms with Crippen molar-refractivity contribution in [1.82, 2.24) is 5.32 Å². The zero-order valence-corrected chi connectivity index (χ0v) is 45.1. The maximum Gasteiger partial charge on any atom is 0.305 e. The lowest BCUT2D eigenvalue weighted by atomic mass is 10.0. The first-order valence-corrected chi connectivity index (χ1v) is 30.1. The van der Waals surface area contributed by atoms with Gasteiger partial charge < -0.3 is 20.3 Å². The fourth-order valence-electron chi connectivity index (χ4n) is 9.38. The van der Waals surface area contributed by atoms with Crippen molar-refractivity contribution in [2.24, 2.45) is 0 Å². The normalized spacial score (nSPS) is 12.7. The highest BCUT2D eigenvalue weighted by atomic mass is 16.5. The molecule has 0 saturated carbocycles. The number of aliphatic hydroxyl groups is 2. The lowest BCUT2D eigenvalue weighted by molar-refractivity contribution is -0.143. The summed E-state index contributed by atoms with van der Waals surface area (Å²) in [6.45, 7) is 4.93. The minimum atomic E-state index is -0.666. The van der Waals surface area contributed by atoms with Crippen molar-refractivity contribution in [2.75, 3.05) is 13.2 Å². The van der Waals surface area contributed by atoms with E-state index in [1.165, 1.54) is 244 Å². The number of allylic oxidation sites excluding steroid dienone is 4. The predicted octanol–water partition coefficient (Wildman–Crippen LogP) is 18.6. The molecule has 2 unspecified atom stereocenters. The first kappa shape index (κ1) is 65.3. The Morgan fingerprint density at radius 1 is 0.418 bits per heavy atom. The fraction of sp³-hybridized carbons (Fsp3) is 0.902. The first-order valence-electron chi connectivity index (χ1n) is 30.1. The standard InChI is InChI=1S/C61H117NO5/c1-3-5-7-9-11-13-15-17-19-23-27-31-35-39-43-47-51-55-61(66)67-56-52-48-44-40-36-32-28-25-22-20-21-24-26-30-34-38-42-46-50-54-60(65)62-58(57-63)59(64)53-49-45-41-37-33-29-18-16-14-12-10-8-6-4-2/h11,13,17,19,58-59,63-64H,3-10,12,14-16,18,20-57H2,1-2H3,(H,62,65)/b13-11-,19-17-. The smallest absolute Gasteiger partial charge is 0.305 e. The Morgan fingerprint density at radius 3 is 1.16 bits per heavy atom. The van der Waals surface area contributed by atoms with Gasteiger partial charge >= 0.3 is 5.97 Å². The van der Waals surface area contributed by atoms with E-state index in [0.29, 0.717) is 25.9 Å². The van der Waals surface area contributed by atoms with Crippen molar-refractivity contribution in [3.05, 3.63) is 24.3 Å². The van der Waals surface area contributed by atoms with E-state index < -0.39 is 12.1 Å². The van der Waals surface area contributed by atoms with Gasteiger partial charge in [0, 0.05) is 12.8 Å². The molecule has 3 N–H and O–H groups in total. The molecule has 1 amide bonds. The zero-order chi connectivity index (χ0) is 48.6. The third kappa shape index (κ3) is 53.5. The Balaban J connectivity index is 3.39. The van der Waals surface area contributed by atoms with Crippen LogP contribution in [0.4, 0.5) is 0 Å². The Hall–Kier alpha value is -1.66. The van der Waals surface area contributed by atoms with Crippen LogP contribution in [0.2, 0.25) is 0 Å². The summed E-state index contributed by atoms with van der Waals surface area (Å²) in [7, 11) is 0. The number of amides is 1. The minimum Gasteiger partial charge on any atom is -0.466 e. The predicted molar refractivity (Wildman–Crippen MR) is 292 cm³/mol. The van der Waals surface area contributed by atoms with E-state index >= 15 is 0 Å². The topological polar surface area (TPSA) is 95.9 Å². The van der Waals surface area contributed by atoms with Gasteiger partial charge in [-0.05, 0) is 57.8 Å². The van der Waals surface area contributed by atoms with E-state index in [0.717, 1.165) is 51.4 Å². The van der Waals surface area contributed by atoms with Crippen LogP contribution in [-0.2, 0) is 14.3 Å². The summed E-state index contributed by atoms with van der Waals surface area (Å²) in [4.78, 5) is 24.5. The van der Waals surface area contributed by atoms with E-state index in [9.17, 15) is 19.8 Å². The molecule has 0 fully saturated rings. The van der Waals surface area contributed by atoms with Gasteiger partial charge in [-0.1, -0.05) is 282 Å². The van der Waals surface area contributed by atoms with Gasteiger partial charge in [0.05, 0.1) is 25.4 Å². The van der Waals surface area contributed by atoms with E-state index in [-0.39, 0.29) is 18.5 Å². The van der Waals surface area contributed by atoms with Crippen LogP contribution in [0.5, 0.6) is 0 Å². The molecule has 0 saturated heterocycles. The summed E-state index contributed by atoms with van der Waals surface area (Å²) in [5.74, 6) is -0.0350. The molecule has 0 aromatic carbocycles. The van der Waals surface area contributed by atoms with Gasteiger partial charge in [-0.3, -0.25) is 9.59 Å². The van der Waals surface area contributed by atoms with Crippen LogP contribution in [0.15, 0.2) is 24.3 Å². The molecule has 396 valence electrons. The van der Waals surface area contributed by atoms with Crippen LogP contribution in [0, 0.1) is 0 Å². The van der Waals surface area contributed by atoms with Crippen LogP contribution >= 0.6 is 0 Å². The van der Waals surface area contributed by atoms with Crippen LogP contribution in [-0.4, -0.2) is 47.4 Å². The van der Waals surface area contributed by atoms with Gasteiger partial charge in [-0.25, -0.2) is 0 Å². The third-order valence-electron chi connectivity index (χ3n) is 14.0. The molecule has 0 rings (SSSR count). The zero-order valence-electron chi connectivity index (χ0n) is 45.1. The maximum absolute atomic E-state index is 12.5. The van der Waals surface area contributed by atoms with Crippen molar-refractivity contribution in [3.63, 3.8) is 0 Å². The average Bonchev–Trinajstić information content (AvgIpc) is 3.33. The van der Waals surface area contributed by atoms with Crippen LogP contribution in [0.25, 0.3) is 0 Å². The molecule has 0 aliphatic rings. The molecular weight excluding hydrogens is 827 g/mol. The minimum absolute atomic E-state index is 0.00168. The number of nitrogens with one attached hydrogen (secondary N) is 1. The Bertz CT molecular complexity index is 1040. The third-order valence-corrected chi connectivity index (χ3v) is 14.0. The van der Waals surface area contributed by atoms with E-state index in [1.54, 1.807) is 0 Å². The fourth-order valence-corrected chi connectivity index (χ4v) is 9.38. The number of carbonyl (C=O) groups is 2. The molecule has 0 aliphatic heterocycles. The molecule has 6 heteroatoms. The van der Waals surface area contributed by atoms with Gasteiger partial charge in [0.15, 0.2) is 0 Å². The Kier molecular flexibility index (Phi) is 55.5. The van der Waals surface area contributed by atoms with Gasteiger partial charge in [-0.15, -0.1) is 0 Å². The number of aliphatic hydroxyl groups excluding tert-OH is 2. The number of hydrogen-bond donors (Lipinski definition) is 3. The molecular formula is C61H117NO5. The summed E-state index contributed by atoms with van der Waals surface area (Å²) in [5, 5.41) is 23.3. The van der Waals surface area contributed by atoms with E-state index in [1.807, 2.05) is 0 Å².